The van der Waals surface area contributed by atoms with Gasteiger partial charge in [-0.2, -0.15) is 0 Å². The summed E-state index contributed by atoms with van der Waals surface area (Å²) in [6.45, 7) is 0. The quantitative estimate of drug-likeness (QED) is 0.565. The Bertz CT molecular complexity index is 346. The van der Waals surface area contributed by atoms with E-state index in [0.717, 1.165) is 6.20 Å². The van der Waals surface area contributed by atoms with Gasteiger partial charge in [0, 0.05) is 5.02 Å². The Hall–Kier alpha value is -1.06. The van der Waals surface area contributed by atoms with Crippen LogP contribution in [-0.4, -0.2) is 4.92 Å². The lowest BCUT2D eigenvalue weighted by Crippen LogP contribution is -1.85. The Morgan fingerprint density at radius 2 is 1.92 bits per heavy atom. The maximum absolute atomic E-state index is 10.1. The van der Waals surface area contributed by atoms with Crippen molar-refractivity contribution in [1.82, 2.24) is 0 Å². The molecule has 1 aromatic carbocycles. The second kappa shape index (κ2) is 4.25. The standard InChI is InChI=1S/C8H5Cl2NO2/c9-7-3-1-6(2-4-7)8(10)5-11(12)13/h1-5H/b8-5+. The van der Waals surface area contributed by atoms with Crippen molar-refractivity contribution in [2.24, 2.45) is 0 Å². The molecule has 0 heterocycles. The third kappa shape index (κ3) is 3.05. The van der Waals surface area contributed by atoms with Gasteiger partial charge in [-0.3, -0.25) is 10.1 Å². The monoisotopic (exact) mass is 217 g/mol. The first-order valence-electron chi connectivity index (χ1n) is 3.36. The van der Waals surface area contributed by atoms with Crippen molar-refractivity contribution >= 4 is 28.2 Å². The molecule has 0 fully saturated rings. The lowest BCUT2D eigenvalue weighted by Gasteiger charge is -1.95. The summed E-state index contributed by atoms with van der Waals surface area (Å²) in [5.41, 5.74) is 0.572. The number of hydrogen-bond donors (Lipinski definition) is 0. The minimum atomic E-state index is -0.600. The molecule has 1 aromatic rings. The zero-order valence-corrected chi connectivity index (χ0v) is 7.92. The van der Waals surface area contributed by atoms with Crippen molar-refractivity contribution in [3.63, 3.8) is 0 Å². The average molecular weight is 218 g/mol. The van der Waals surface area contributed by atoms with Gasteiger partial charge in [-0.05, 0) is 17.7 Å². The molecule has 0 aliphatic carbocycles. The molecule has 5 heteroatoms. The van der Waals surface area contributed by atoms with E-state index in [0.29, 0.717) is 10.6 Å². The number of nitro groups is 1. The Balaban J connectivity index is 2.96. The van der Waals surface area contributed by atoms with E-state index in [1.807, 2.05) is 0 Å². The molecule has 13 heavy (non-hydrogen) atoms. The number of halogens is 2. The van der Waals surface area contributed by atoms with Gasteiger partial charge in [-0.15, -0.1) is 0 Å². The zero-order chi connectivity index (χ0) is 9.84. The number of rotatable bonds is 2. The minimum Gasteiger partial charge on any atom is -0.259 e. The molecule has 0 aliphatic heterocycles. The van der Waals surface area contributed by atoms with Crippen LogP contribution in [0.2, 0.25) is 5.02 Å². The molecule has 0 aromatic heterocycles. The van der Waals surface area contributed by atoms with E-state index in [2.05, 4.69) is 0 Å². The van der Waals surface area contributed by atoms with Crippen molar-refractivity contribution < 1.29 is 4.92 Å². The fourth-order valence-corrected chi connectivity index (χ4v) is 1.11. The number of hydrogen-bond acceptors (Lipinski definition) is 2. The summed E-state index contributed by atoms with van der Waals surface area (Å²) >= 11 is 11.3. The number of benzene rings is 1. The molecule has 3 nitrogen and oxygen atoms in total. The molecule has 0 radical (unpaired) electrons. The minimum absolute atomic E-state index is 0.0849. The number of nitrogens with zero attached hydrogens (tertiary/aromatic N) is 1. The Labute approximate surface area is 84.7 Å². The van der Waals surface area contributed by atoms with E-state index in [1.54, 1.807) is 24.3 Å². The first kappa shape index (κ1) is 10.0. The maximum atomic E-state index is 10.1. The van der Waals surface area contributed by atoms with Gasteiger partial charge < -0.3 is 0 Å². The summed E-state index contributed by atoms with van der Waals surface area (Å²) in [6.07, 6.45) is 0.741. The van der Waals surface area contributed by atoms with Crippen LogP contribution < -0.4 is 0 Å². The lowest BCUT2D eigenvalue weighted by atomic mass is 10.2. The largest absolute Gasteiger partial charge is 0.259 e. The van der Waals surface area contributed by atoms with Crippen LogP contribution in [0.4, 0.5) is 0 Å². The highest BCUT2D eigenvalue weighted by molar-refractivity contribution is 6.48. The molecular weight excluding hydrogens is 213 g/mol. The van der Waals surface area contributed by atoms with Crippen LogP contribution in [0.15, 0.2) is 30.5 Å². The fraction of sp³-hybridized carbons (Fsp3) is 0. The van der Waals surface area contributed by atoms with E-state index in [-0.39, 0.29) is 5.03 Å². The Morgan fingerprint density at radius 3 is 2.38 bits per heavy atom. The average Bonchev–Trinajstić information content (AvgIpc) is 2.04. The molecule has 0 bridgehead atoms. The van der Waals surface area contributed by atoms with Crippen LogP contribution in [-0.2, 0) is 0 Å². The first-order chi connectivity index (χ1) is 6.09. The smallest absolute Gasteiger partial charge is 0.253 e. The van der Waals surface area contributed by atoms with Gasteiger partial charge in [0.05, 0.1) is 4.92 Å². The summed E-state index contributed by atoms with van der Waals surface area (Å²) < 4.78 is 0. The molecule has 0 saturated carbocycles. The van der Waals surface area contributed by atoms with E-state index < -0.39 is 4.92 Å². The summed E-state index contributed by atoms with van der Waals surface area (Å²) in [5.74, 6) is 0. The van der Waals surface area contributed by atoms with E-state index in [9.17, 15) is 10.1 Å². The van der Waals surface area contributed by atoms with Gasteiger partial charge in [0.25, 0.3) is 6.20 Å². The van der Waals surface area contributed by atoms with Crippen molar-refractivity contribution in [1.29, 1.82) is 0 Å². The van der Waals surface area contributed by atoms with Gasteiger partial charge >= 0.3 is 0 Å². The van der Waals surface area contributed by atoms with E-state index in [4.69, 9.17) is 23.2 Å². The van der Waals surface area contributed by atoms with Crippen molar-refractivity contribution in [3.05, 3.63) is 51.2 Å². The lowest BCUT2D eigenvalue weighted by molar-refractivity contribution is -0.401. The first-order valence-corrected chi connectivity index (χ1v) is 4.12. The zero-order valence-electron chi connectivity index (χ0n) is 6.41. The molecule has 0 N–H and O–H groups in total. The molecule has 0 spiro atoms. The topological polar surface area (TPSA) is 43.1 Å². The molecule has 1 rings (SSSR count). The van der Waals surface area contributed by atoms with Crippen LogP contribution in [0.25, 0.3) is 5.03 Å². The van der Waals surface area contributed by atoms with Crippen LogP contribution >= 0.6 is 23.2 Å². The van der Waals surface area contributed by atoms with E-state index >= 15 is 0 Å². The van der Waals surface area contributed by atoms with Crippen LogP contribution in [0, 0.1) is 10.1 Å². The van der Waals surface area contributed by atoms with Crippen molar-refractivity contribution in [2.45, 2.75) is 0 Å². The predicted molar refractivity (Wildman–Crippen MR) is 52.3 cm³/mol. The van der Waals surface area contributed by atoms with Gasteiger partial charge in [0.15, 0.2) is 0 Å². The Kier molecular flexibility index (Phi) is 3.28. The third-order valence-electron chi connectivity index (χ3n) is 1.34. The van der Waals surface area contributed by atoms with Crippen molar-refractivity contribution in [3.8, 4) is 0 Å². The molecule has 0 aliphatic rings. The molecule has 0 atom stereocenters. The predicted octanol–water partition coefficient (Wildman–Crippen LogP) is 3.15. The second-order valence-corrected chi connectivity index (χ2v) is 3.11. The van der Waals surface area contributed by atoms with Gasteiger partial charge in [-0.25, -0.2) is 0 Å². The highest BCUT2D eigenvalue weighted by Gasteiger charge is 2.02. The van der Waals surface area contributed by atoms with Gasteiger partial charge in [0.1, 0.15) is 5.03 Å². The fourth-order valence-electron chi connectivity index (χ4n) is 0.776. The molecular formula is C8H5Cl2NO2. The summed E-state index contributed by atoms with van der Waals surface area (Å²) in [4.78, 5) is 9.47. The Morgan fingerprint density at radius 1 is 1.38 bits per heavy atom. The van der Waals surface area contributed by atoms with E-state index in [1.165, 1.54) is 0 Å². The van der Waals surface area contributed by atoms with Crippen molar-refractivity contribution in [2.75, 3.05) is 0 Å². The maximum Gasteiger partial charge on any atom is 0.253 e. The molecule has 0 unspecified atom stereocenters. The highest BCUT2D eigenvalue weighted by Crippen LogP contribution is 2.20. The highest BCUT2D eigenvalue weighted by atomic mass is 35.5. The molecule has 0 amide bonds. The summed E-state index contributed by atoms with van der Waals surface area (Å²) in [5, 5.41) is 10.7. The second-order valence-electron chi connectivity index (χ2n) is 2.27. The van der Waals surface area contributed by atoms with Gasteiger partial charge in [-0.1, -0.05) is 35.3 Å². The van der Waals surface area contributed by atoms with Gasteiger partial charge in [0.2, 0.25) is 0 Å². The molecule has 0 saturated heterocycles. The summed E-state index contributed by atoms with van der Waals surface area (Å²) in [6, 6.07) is 6.47. The normalized spacial score (nSPS) is 11.4. The molecule has 68 valence electrons. The SMILES string of the molecule is O=[N+]([O-])/C=C(/Cl)c1ccc(Cl)cc1. The van der Waals surface area contributed by atoms with Crippen LogP contribution in [0.1, 0.15) is 5.56 Å². The third-order valence-corrected chi connectivity index (χ3v) is 1.91. The summed E-state index contributed by atoms with van der Waals surface area (Å²) in [7, 11) is 0. The van der Waals surface area contributed by atoms with Crippen LogP contribution in [0.5, 0.6) is 0 Å². The van der Waals surface area contributed by atoms with Crippen LogP contribution in [0.3, 0.4) is 0 Å².